The molecule has 3 rings (SSSR count). The molecule has 1 aromatic carbocycles. The number of thioether (sulfide) groups is 1. The number of aliphatic carboxylic acids is 1. The summed E-state index contributed by atoms with van der Waals surface area (Å²) in [5.74, 6) is -2.79. The number of amides is 2. The molecule has 2 heterocycles. The van der Waals surface area contributed by atoms with Crippen LogP contribution in [0.25, 0.3) is 0 Å². The number of fused-ring (bicyclic) bond motifs is 1. The number of thiocarbonyl (C=S) groups is 1. The molecular weight excluding hydrogens is 469 g/mol. The first-order valence-electron chi connectivity index (χ1n) is 8.93. The van der Waals surface area contributed by atoms with Gasteiger partial charge in [-0.2, -0.15) is 12.6 Å². The topological polar surface area (TPSA) is 133 Å². The Labute approximate surface area is 216 Å². The average Bonchev–Trinajstić information content (AvgIpc) is 2.75. The molecule has 31 heavy (non-hydrogen) atoms. The molecule has 0 spiro atoms. The predicted octanol–water partition coefficient (Wildman–Crippen LogP) is -3.97. The summed E-state index contributed by atoms with van der Waals surface area (Å²) in [6.45, 7) is 0. The third-order valence-electron chi connectivity index (χ3n) is 4.77. The van der Waals surface area contributed by atoms with E-state index < -0.39 is 35.2 Å². The van der Waals surface area contributed by atoms with Crippen LogP contribution in [0.2, 0.25) is 0 Å². The van der Waals surface area contributed by atoms with Gasteiger partial charge >= 0.3 is 29.6 Å². The molecule has 1 fully saturated rings. The number of thiol groups is 1. The summed E-state index contributed by atoms with van der Waals surface area (Å²) in [6, 6.07) is 6.88. The van der Waals surface area contributed by atoms with Gasteiger partial charge in [-0.1, -0.05) is 42.5 Å². The van der Waals surface area contributed by atoms with Crippen molar-refractivity contribution in [1.82, 2.24) is 10.2 Å². The number of nitrogens with two attached hydrogens (primary N) is 1. The molecule has 2 amide bonds. The maximum atomic E-state index is 12.6. The van der Waals surface area contributed by atoms with Gasteiger partial charge in [-0.25, -0.2) is 0 Å². The number of nitrogens with zero attached hydrogens (tertiary/aromatic N) is 1. The van der Waals surface area contributed by atoms with E-state index in [0.29, 0.717) is 5.56 Å². The number of carbonyl (C=O) groups is 4. The Morgan fingerprint density at radius 2 is 1.97 bits per heavy atom. The second kappa shape index (κ2) is 11.1. The fourth-order valence-electron chi connectivity index (χ4n) is 3.18. The van der Waals surface area contributed by atoms with Crippen LogP contribution in [0, 0.1) is 0 Å². The number of hydrogen-bond acceptors (Lipinski definition) is 9. The molecule has 158 valence electrons. The van der Waals surface area contributed by atoms with Crippen LogP contribution in [0.15, 0.2) is 41.6 Å². The number of hydrogen-bond donors (Lipinski definition) is 3. The molecule has 1 aromatic rings. The Morgan fingerprint density at radius 3 is 2.55 bits per heavy atom. The molecule has 12 heteroatoms. The number of carboxylic acids is 1. The van der Waals surface area contributed by atoms with Gasteiger partial charge < -0.3 is 21.0 Å². The van der Waals surface area contributed by atoms with E-state index in [0.717, 1.165) is 4.90 Å². The zero-order chi connectivity index (χ0) is 22.0. The minimum Gasteiger partial charge on any atom is -0.543 e. The predicted molar refractivity (Wildman–Crippen MR) is 117 cm³/mol. The van der Waals surface area contributed by atoms with Gasteiger partial charge in [0.25, 0.3) is 11.8 Å². The number of carbonyl (C=O) groups excluding carboxylic acids is 4. The molecule has 1 saturated heterocycles. The van der Waals surface area contributed by atoms with E-state index in [1.807, 2.05) is 0 Å². The summed E-state index contributed by atoms with van der Waals surface area (Å²) in [6.07, 6.45) is -0.205. The summed E-state index contributed by atoms with van der Waals surface area (Å²) >= 11 is 10.4. The summed E-state index contributed by atoms with van der Waals surface area (Å²) in [5, 5.41) is 13.7. The Hall–Kier alpha value is -1.21. The molecule has 2 aliphatic rings. The smallest absolute Gasteiger partial charge is 0.543 e. The molecule has 3 atom stereocenters. The van der Waals surface area contributed by atoms with Crippen LogP contribution >= 0.6 is 36.6 Å². The molecule has 1 unspecified atom stereocenters. The van der Waals surface area contributed by atoms with Gasteiger partial charge in [0, 0.05) is 17.9 Å². The number of carboxylic acid groups (broad SMARTS) is 1. The molecule has 3 N–H and O–H groups in total. The van der Waals surface area contributed by atoms with Crippen molar-refractivity contribution in [2.45, 2.75) is 23.9 Å². The van der Waals surface area contributed by atoms with E-state index in [1.165, 1.54) is 11.8 Å². The molecule has 0 aromatic heterocycles. The largest absolute Gasteiger partial charge is 1.00 e. The normalized spacial score (nSPS) is 20.7. The number of β-lactam (4-membered cyclic amide) rings is 1. The molecule has 2 aliphatic heterocycles. The number of rotatable bonds is 8. The van der Waals surface area contributed by atoms with Crippen molar-refractivity contribution in [3.05, 3.63) is 47.2 Å². The summed E-state index contributed by atoms with van der Waals surface area (Å²) < 4.78 is 0. The number of Topliss-reactive ketones (excluding diaryl/α,β-unsaturated/α-hetero) is 1. The monoisotopic (exact) mass is 487 g/mol. The summed E-state index contributed by atoms with van der Waals surface area (Å²) in [4.78, 5) is 50.0. The van der Waals surface area contributed by atoms with Crippen molar-refractivity contribution in [3.63, 3.8) is 0 Å². The summed E-state index contributed by atoms with van der Waals surface area (Å²) in [7, 11) is 0. The molecule has 8 nitrogen and oxygen atoms in total. The Morgan fingerprint density at radius 1 is 1.32 bits per heavy atom. The van der Waals surface area contributed by atoms with E-state index in [1.54, 1.807) is 30.3 Å². The minimum atomic E-state index is -1.56. The van der Waals surface area contributed by atoms with E-state index in [9.17, 15) is 24.3 Å². The van der Waals surface area contributed by atoms with Gasteiger partial charge in [0.15, 0.2) is 5.78 Å². The second-order valence-electron chi connectivity index (χ2n) is 6.73. The third kappa shape index (κ3) is 5.41. The van der Waals surface area contributed by atoms with E-state index in [2.05, 4.69) is 17.9 Å². The standard InChI is InChI=1S/C19H19N3O5S3.Na/c20-11(7-28)12(23)6-10-8-30-18-13(17(25)22(18)14(10)19(26)27)21-16(24)15(29)9-4-2-1-3-5-9;/h1-5,11,13,18,28H,6-8,20H2,(H,21,24)(H,26,27);/q;+1/p-1/t11-,13?,18+;/m1./s1. The van der Waals surface area contributed by atoms with Gasteiger partial charge in [-0.05, 0) is 11.1 Å². The number of nitrogens with one attached hydrogen (secondary N) is 1. The Kier molecular flexibility index (Phi) is 9.31. The van der Waals surface area contributed by atoms with Crippen LogP contribution in [0.3, 0.4) is 0 Å². The van der Waals surface area contributed by atoms with Gasteiger partial charge in [-0.15, -0.1) is 11.8 Å². The zero-order valence-corrected chi connectivity index (χ0v) is 21.1. The third-order valence-corrected chi connectivity index (χ3v) is 6.92. The number of ketones is 1. The van der Waals surface area contributed by atoms with Gasteiger partial charge in [0.05, 0.1) is 17.7 Å². The van der Waals surface area contributed by atoms with Gasteiger partial charge in [0.2, 0.25) is 0 Å². The molecular formula is C19H18N3NaO5S3. The first-order valence-corrected chi connectivity index (χ1v) is 11.0. The van der Waals surface area contributed by atoms with E-state index in [4.69, 9.17) is 18.0 Å². The van der Waals surface area contributed by atoms with Crippen molar-refractivity contribution in [2.24, 2.45) is 5.73 Å². The first kappa shape index (κ1) is 26.0. The molecule has 0 radical (unpaired) electrons. The van der Waals surface area contributed by atoms with Crippen LogP contribution in [-0.4, -0.2) is 62.3 Å². The van der Waals surface area contributed by atoms with Gasteiger partial charge in [0.1, 0.15) is 16.3 Å². The van der Waals surface area contributed by atoms with Crippen LogP contribution < -0.4 is 45.7 Å². The van der Waals surface area contributed by atoms with Crippen LogP contribution in [-0.2, 0) is 19.2 Å². The van der Waals surface area contributed by atoms with Crippen LogP contribution in [0.1, 0.15) is 12.0 Å². The maximum absolute atomic E-state index is 12.6. The van der Waals surface area contributed by atoms with Crippen molar-refractivity contribution in [3.8, 4) is 0 Å². The SMILES string of the molecule is N[C@H](CS)C(=O)CC1=C(C(=O)[O-])N2C(=O)C(NC(=O)C(=S)c3ccccc3)[C@@H]2SC1.[Na+]. The van der Waals surface area contributed by atoms with Crippen LogP contribution in [0.5, 0.6) is 0 Å². The summed E-state index contributed by atoms with van der Waals surface area (Å²) in [5.41, 5.74) is 6.12. The Bertz CT molecular complexity index is 956. The fraction of sp³-hybridized carbons (Fsp3) is 0.316. The van der Waals surface area contributed by atoms with Gasteiger partial charge in [-0.3, -0.25) is 19.3 Å². The van der Waals surface area contributed by atoms with Crippen molar-refractivity contribution in [2.75, 3.05) is 11.5 Å². The molecule has 0 saturated carbocycles. The number of benzene rings is 1. The zero-order valence-electron chi connectivity index (χ0n) is 16.6. The van der Waals surface area contributed by atoms with Crippen LogP contribution in [0.4, 0.5) is 0 Å². The molecule has 0 aliphatic carbocycles. The minimum absolute atomic E-state index is 0. The Balaban J connectivity index is 0.00000341. The molecule has 0 bridgehead atoms. The second-order valence-corrected chi connectivity index (χ2v) is 8.61. The van der Waals surface area contributed by atoms with Crippen molar-refractivity contribution < 1.29 is 53.8 Å². The maximum Gasteiger partial charge on any atom is 1.00 e. The first-order chi connectivity index (χ1) is 14.3. The average molecular weight is 488 g/mol. The fourth-order valence-corrected chi connectivity index (χ4v) is 4.92. The van der Waals surface area contributed by atoms with E-state index in [-0.39, 0.29) is 69.4 Å². The van der Waals surface area contributed by atoms with Crippen molar-refractivity contribution in [1.29, 1.82) is 0 Å². The van der Waals surface area contributed by atoms with Crippen molar-refractivity contribution >= 4 is 65.0 Å². The van der Waals surface area contributed by atoms with E-state index >= 15 is 0 Å². The quantitative estimate of drug-likeness (QED) is 0.111.